The van der Waals surface area contributed by atoms with E-state index >= 15 is 0 Å². The summed E-state index contributed by atoms with van der Waals surface area (Å²) in [6.07, 6.45) is 1.81. The number of nitrogens with zero attached hydrogens (tertiary/aromatic N) is 2. The van der Waals surface area contributed by atoms with Crippen molar-refractivity contribution in [3.05, 3.63) is 70.0 Å². The predicted molar refractivity (Wildman–Crippen MR) is 106 cm³/mol. The summed E-state index contributed by atoms with van der Waals surface area (Å²) < 4.78 is 35.1. The van der Waals surface area contributed by atoms with E-state index in [1.165, 1.54) is 17.8 Å². The number of hydrogen-bond donors (Lipinski definition) is 0. The molecule has 1 fully saturated rings. The molecule has 3 aromatic rings. The van der Waals surface area contributed by atoms with E-state index in [4.69, 9.17) is 4.74 Å². The van der Waals surface area contributed by atoms with Gasteiger partial charge in [0.1, 0.15) is 11.6 Å². The Morgan fingerprint density at radius 3 is 2.89 bits per heavy atom. The highest BCUT2D eigenvalue weighted by Gasteiger charge is 2.22. The molecule has 0 amide bonds. The van der Waals surface area contributed by atoms with Gasteiger partial charge in [0.2, 0.25) is 0 Å². The van der Waals surface area contributed by atoms with Crippen molar-refractivity contribution in [3.8, 4) is 0 Å². The lowest BCUT2D eigenvalue weighted by molar-refractivity contribution is 0.0937. The number of aromatic nitrogens is 2. The van der Waals surface area contributed by atoms with E-state index in [0.29, 0.717) is 29.2 Å². The Morgan fingerprint density at radius 1 is 1.29 bits per heavy atom. The van der Waals surface area contributed by atoms with Crippen LogP contribution in [0.25, 0.3) is 10.9 Å². The van der Waals surface area contributed by atoms with E-state index in [1.54, 1.807) is 29.7 Å². The molecule has 2 atom stereocenters. The maximum absolute atomic E-state index is 14.2. The third-order valence-electron chi connectivity index (χ3n) is 4.92. The van der Waals surface area contributed by atoms with Crippen LogP contribution in [0.4, 0.5) is 8.78 Å². The molecule has 0 bridgehead atoms. The van der Waals surface area contributed by atoms with E-state index in [-0.39, 0.29) is 17.2 Å². The van der Waals surface area contributed by atoms with Crippen LogP contribution < -0.4 is 5.56 Å². The molecule has 0 spiro atoms. The largest absolute Gasteiger partial charge is 0.376 e. The Labute approximate surface area is 165 Å². The van der Waals surface area contributed by atoms with Crippen molar-refractivity contribution < 1.29 is 13.5 Å². The summed E-state index contributed by atoms with van der Waals surface area (Å²) in [6, 6.07) is 10.6. The average Bonchev–Trinajstić information content (AvgIpc) is 3.20. The molecular weight excluding hydrogens is 382 g/mol. The molecule has 1 aliphatic rings. The van der Waals surface area contributed by atoms with Crippen molar-refractivity contribution in [2.24, 2.45) is 0 Å². The molecule has 4 rings (SSSR count). The van der Waals surface area contributed by atoms with Gasteiger partial charge in [-0.25, -0.2) is 13.8 Å². The molecule has 28 heavy (non-hydrogen) atoms. The van der Waals surface area contributed by atoms with Crippen LogP contribution in [-0.4, -0.2) is 22.3 Å². The topological polar surface area (TPSA) is 44.1 Å². The van der Waals surface area contributed by atoms with Crippen LogP contribution in [0.1, 0.15) is 30.6 Å². The van der Waals surface area contributed by atoms with Crippen LogP contribution in [0.15, 0.2) is 52.4 Å². The Hall–Kier alpha value is -2.25. The fourth-order valence-corrected chi connectivity index (χ4v) is 4.50. The number of fused-ring (bicyclic) bond motifs is 1. The van der Waals surface area contributed by atoms with Gasteiger partial charge in [0, 0.05) is 17.4 Å². The first kappa shape index (κ1) is 19.1. The van der Waals surface area contributed by atoms with Crippen molar-refractivity contribution in [3.63, 3.8) is 0 Å². The molecule has 1 aliphatic heterocycles. The monoisotopic (exact) mass is 402 g/mol. The lowest BCUT2D eigenvalue weighted by atomic mass is 10.1. The quantitative estimate of drug-likeness (QED) is 0.458. The third kappa shape index (κ3) is 3.82. The predicted octanol–water partition coefficient (Wildman–Crippen LogP) is 4.71. The van der Waals surface area contributed by atoms with Crippen LogP contribution >= 0.6 is 11.8 Å². The highest BCUT2D eigenvalue weighted by Crippen LogP contribution is 2.35. The zero-order valence-electron chi connectivity index (χ0n) is 15.4. The van der Waals surface area contributed by atoms with Crippen LogP contribution in [0.3, 0.4) is 0 Å². The van der Waals surface area contributed by atoms with Crippen LogP contribution in [-0.2, 0) is 11.3 Å². The third-order valence-corrected chi connectivity index (χ3v) is 6.04. The van der Waals surface area contributed by atoms with Crippen molar-refractivity contribution in [2.45, 2.75) is 42.8 Å². The molecule has 4 nitrogen and oxygen atoms in total. The van der Waals surface area contributed by atoms with Crippen LogP contribution in [0.5, 0.6) is 0 Å². The van der Waals surface area contributed by atoms with Gasteiger partial charge in [-0.05, 0) is 50.1 Å². The molecule has 0 N–H and O–H groups in total. The van der Waals surface area contributed by atoms with Gasteiger partial charge in [0.05, 0.1) is 23.6 Å². The number of hydrogen-bond acceptors (Lipinski definition) is 4. The minimum absolute atomic E-state index is 0.0405. The van der Waals surface area contributed by atoms with Gasteiger partial charge >= 0.3 is 0 Å². The summed E-state index contributed by atoms with van der Waals surface area (Å²) in [4.78, 5) is 17.7. The lowest BCUT2D eigenvalue weighted by Gasteiger charge is -2.19. The second-order valence-corrected chi connectivity index (χ2v) is 8.20. The maximum atomic E-state index is 14.2. The van der Waals surface area contributed by atoms with Gasteiger partial charge in [-0.15, -0.1) is 0 Å². The summed E-state index contributed by atoms with van der Waals surface area (Å²) in [5.41, 5.74) is 0.692. The molecule has 0 radical (unpaired) electrons. The van der Waals surface area contributed by atoms with E-state index in [0.717, 1.165) is 25.0 Å². The standard InChI is InChI=1S/C21H20F2N2O2S/c1-13(17-11-14(22)8-9-18(17)23)28-21-24-19-7-3-2-6-16(19)20(26)25(21)12-15-5-4-10-27-15/h2-3,6-9,11,13,15H,4-5,10,12H2,1H3. The second kappa shape index (κ2) is 8.01. The zero-order valence-corrected chi connectivity index (χ0v) is 16.2. The molecule has 2 unspecified atom stereocenters. The maximum Gasteiger partial charge on any atom is 0.262 e. The number of benzene rings is 2. The fourth-order valence-electron chi connectivity index (χ4n) is 3.44. The van der Waals surface area contributed by atoms with Gasteiger partial charge in [-0.1, -0.05) is 23.9 Å². The summed E-state index contributed by atoms with van der Waals surface area (Å²) >= 11 is 1.25. The number of para-hydroxylation sites is 1. The molecule has 7 heteroatoms. The Morgan fingerprint density at radius 2 is 2.11 bits per heavy atom. The number of halogens is 2. The van der Waals surface area contributed by atoms with E-state index in [2.05, 4.69) is 4.98 Å². The molecular formula is C21H20F2N2O2S. The second-order valence-electron chi connectivity index (χ2n) is 6.89. The molecule has 2 heterocycles. The molecule has 0 saturated carbocycles. The smallest absolute Gasteiger partial charge is 0.262 e. The zero-order chi connectivity index (χ0) is 19.7. The molecule has 146 valence electrons. The summed E-state index contributed by atoms with van der Waals surface area (Å²) in [6.45, 7) is 2.87. The highest BCUT2D eigenvalue weighted by molar-refractivity contribution is 7.99. The molecule has 1 saturated heterocycles. The van der Waals surface area contributed by atoms with Crippen molar-refractivity contribution >= 4 is 22.7 Å². The molecule has 0 aliphatic carbocycles. The summed E-state index contributed by atoms with van der Waals surface area (Å²) in [7, 11) is 0. The van der Waals surface area contributed by atoms with Gasteiger partial charge in [0.25, 0.3) is 5.56 Å². The van der Waals surface area contributed by atoms with Crippen molar-refractivity contribution in [2.75, 3.05) is 6.61 Å². The van der Waals surface area contributed by atoms with Crippen molar-refractivity contribution in [1.82, 2.24) is 9.55 Å². The Balaban J connectivity index is 1.75. The first-order valence-corrected chi connectivity index (χ1v) is 10.1. The van der Waals surface area contributed by atoms with E-state index in [9.17, 15) is 13.6 Å². The van der Waals surface area contributed by atoms with Gasteiger partial charge < -0.3 is 4.74 Å². The Bertz CT molecular complexity index is 1060. The number of thioether (sulfide) groups is 1. The molecule has 1 aromatic heterocycles. The normalized spacial score (nSPS) is 17.9. The first-order chi connectivity index (χ1) is 13.5. The SMILES string of the molecule is CC(Sc1nc2ccccc2c(=O)n1CC1CCCO1)c1cc(F)ccc1F. The number of rotatable bonds is 5. The summed E-state index contributed by atoms with van der Waals surface area (Å²) in [5, 5.41) is 0.601. The Kier molecular flexibility index (Phi) is 5.46. The minimum atomic E-state index is -0.493. The van der Waals surface area contributed by atoms with Crippen LogP contribution in [0, 0.1) is 11.6 Å². The van der Waals surface area contributed by atoms with E-state index < -0.39 is 16.9 Å². The van der Waals surface area contributed by atoms with Crippen LogP contribution in [0.2, 0.25) is 0 Å². The minimum Gasteiger partial charge on any atom is -0.376 e. The summed E-state index contributed by atoms with van der Waals surface area (Å²) in [5.74, 6) is -0.970. The van der Waals surface area contributed by atoms with Gasteiger partial charge in [0.15, 0.2) is 5.16 Å². The molecule has 2 aromatic carbocycles. The fraction of sp³-hybridized carbons (Fsp3) is 0.333. The lowest BCUT2D eigenvalue weighted by Crippen LogP contribution is -2.29. The average molecular weight is 402 g/mol. The first-order valence-electron chi connectivity index (χ1n) is 9.25. The number of ether oxygens (including phenoxy) is 1. The van der Waals surface area contributed by atoms with Crippen molar-refractivity contribution in [1.29, 1.82) is 0 Å². The highest BCUT2D eigenvalue weighted by atomic mass is 32.2. The van der Waals surface area contributed by atoms with Gasteiger partial charge in [-0.2, -0.15) is 0 Å². The van der Waals surface area contributed by atoms with Gasteiger partial charge in [-0.3, -0.25) is 9.36 Å². The van der Waals surface area contributed by atoms with E-state index in [1.807, 2.05) is 6.07 Å².